The standard InChI is InChI=1S/C8H10N.Y/c1-2-9-8-6-4-3-5-7-8;/h3-7,9H,1-2H2;/q-1;+3. The minimum absolute atomic E-state index is 0. The maximum absolute atomic E-state index is 3.67. The summed E-state index contributed by atoms with van der Waals surface area (Å²) >= 11 is 0. The van der Waals surface area contributed by atoms with Crippen LogP contribution in [0.5, 0.6) is 0 Å². The summed E-state index contributed by atoms with van der Waals surface area (Å²) in [5, 5.41) is 3.10. The molecular formula is C8H10NY+2. The molecule has 1 rings (SSSR count). The zero-order valence-corrected chi connectivity index (χ0v) is 8.72. The van der Waals surface area contributed by atoms with Gasteiger partial charge in [0.15, 0.2) is 0 Å². The minimum Gasteiger partial charge on any atom is -0.415 e. The Morgan fingerprint density at radius 2 is 1.80 bits per heavy atom. The van der Waals surface area contributed by atoms with Crippen molar-refractivity contribution in [1.82, 2.24) is 0 Å². The molecule has 0 aliphatic heterocycles. The molecule has 1 nitrogen and oxygen atoms in total. The van der Waals surface area contributed by atoms with E-state index in [4.69, 9.17) is 0 Å². The van der Waals surface area contributed by atoms with Crippen molar-refractivity contribution < 1.29 is 32.7 Å². The average Bonchev–Trinajstić information content (AvgIpc) is 1.91. The molecule has 0 radical (unpaired) electrons. The van der Waals surface area contributed by atoms with Crippen molar-refractivity contribution in [2.24, 2.45) is 0 Å². The van der Waals surface area contributed by atoms with Crippen LogP contribution in [0.4, 0.5) is 5.69 Å². The molecule has 0 unspecified atom stereocenters. The van der Waals surface area contributed by atoms with Gasteiger partial charge in [-0.1, -0.05) is 18.2 Å². The van der Waals surface area contributed by atoms with Crippen LogP contribution in [0.25, 0.3) is 0 Å². The quantitative estimate of drug-likeness (QED) is 0.734. The predicted octanol–water partition coefficient (Wildman–Crippen LogP) is 1.93. The second kappa shape index (κ2) is 5.88. The molecule has 10 heavy (non-hydrogen) atoms. The number of para-hydroxylation sites is 1. The smallest absolute Gasteiger partial charge is 0.415 e. The molecule has 0 spiro atoms. The van der Waals surface area contributed by atoms with Gasteiger partial charge in [0.25, 0.3) is 0 Å². The molecule has 2 heteroatoms. The number of hydrogen-bond donors (Lipinski definition) is 1. The average molecular weight is 209 g/mol. The molecule has 0 saturated carbocycles. The van der Waals surface area contributed by atoms with Crippen molar-refractivity contribution in [3.05, 3.63) is 37.3 Å². The van der Waals surface area contributed by atoms with Crippen LogP contribution in [0, 0.1) is 6.92 Å². The summed E-state index contributed by atoms with van der Waals surface area (Å²) in [5.74, 6) is 0. The molecule has 0 aliphatic rings. The Hall–Kier alpha value is 0.124. The van der Waals surface area contributed by atoms with Crippen molar-refractivity contribution in [3.8, 4) is 0 Å². The Bertz CT molecular complexity index is 162. The SMILES string of the molecule is [CH2-]CNc1ccccc1.[Y+3]. The van der Waals surface area contributed by atoms with E-state index in [1.54, 1.807) is 0 Å². The Morgan fingerprint density at radius 1 is 1.20 bits per heavy atom. The fourth-order valence-electron chi connectivity index (χ4n) is 0.700. The van der Waals surface area contributed by atoms with Gasteiger partial charge in [0.1, 0.15) is 0 Å². The topological polar surface area (TPSA) is 12.0 Å². The fraction of sp³-hybridized carbons (Fsp3) is 0.125. The fourth-order valence-corrected chi connectivity index (χ4v) is 0.700. The van der Waals surface area contributed by atoms with Gasteiger partial charge < -0.3 is 12.2 Å². The van der Waals surface area contributed by atoms with Crippen LogP contribution in [0.15, 0.2) is 30.3 Å². The molecule has 1 N–H and O–H groups in total. The van der Waals surface area contributed by atoms with Crippen molar-refractivity contribution in [1.29, 1.82) is 0 Å². The van der Waals surface area contributed by atoms with Crippen LogP contribution in [-0.4, -0.2) is 6.54 Å². The molecule has 1 aromatic carbocycles. The molecule has 0 saturated heterocycles. The zero-order valence-electron chi connectivity index (χ0n) is 5.88. The molecule has 0 aliphatic carbocycles. The van der Waals surface area contributed by atoms with E-state index >= 15 is 0 Å². The summed E-state index contributed by atoms with van der Waals surface area (Å²) in [6, 6.07) is 10.0. The second-order valence-corrected chi connectivity index (χ2v) is 1.79. The Morgan fingerprint density at radius 3 is 2.30 bits per heavy atom. The molecule has 0 amide bonds. The van der Waals surface area contributed by atoms with Gasteiger partial charge in [-0.25, -0.2) is 0 Å². The van der Waals surface area contributed by atoms with Crippen LogP contribution in [-0.2, 0) is 32.7 Å². The number of anilines is 1. The summed E-state index contributed by atoms with van der Waals surface area (Å²) in [6.07, 6.45) is 0. The third kappa shape index (κ3) is 3.33. The molecule has 1 aromatic rings. The number of benzene rings is 1. The van der Waals surface area contributed by atoms with E-state index in [0.717, 1.165) is 12.2 Å². The third-order valence-corrected chi connectivity index (χ3v) is 1.10. The van der Waals surface area contributed by atoms with E-state index < -0.39 is 0 Å². The molecule has 48 valence electrons. The first kappa shape index (κ1) is 10.1. The van der Waals surface area contributed by atoms with Gasteiger partial charge in [0, 0.05) is 5.69 Å². The molecule has 0 bridgehead atoms. The zero-order chi connectivity index (χ0) is 6.53. The summed E-state index contributed by atoms with van der Waals surface area (Å²) < 4.78 is 0. The van der Waals surface area contributed by atoms with Crippen LogP contribution in [0.2, 0.25) is 0 Å². The van der Waals surface area contributed by atoms with Gasteiger partial charge >= 0.3 is 32.7 Å². The first-order valence-electron chi connectivity index (χ1n) is 3.01. The van der Waals surface area contributed by atoms with Crippen LogP contribution in [0.3, 0.4) is 0 Å². The van der Waals surface area contributed by atoms with Crippen molar-refractivity contribution in [3.63, 3.8) is 0 Å². The molecule has 0 atom stereocenters. The number of hydrogen-bond acceptors (Lipinski definition) is 1. The van der Waals surface area contributed by atoms with Gasteiger partial charge in [-0.2, -0.15) is 0 Å². The van der Waals surface area contributed by atoms with E-state index in [0.29, 0.717) is 0 Å². The van der Waals surface area contributed by atoms with Crippen LogP contribution >= 0.6 is 0 Å². The van der Waals surface area contributed by atoms with E-state index in [9.17, 15) is 0 Å². The van der Waals surface area contributed by atoms with E-state index in [1.807, 2.05) is 30.3 Å². The third-order valence-electron chi connectivity index (χ3n) is 1.10. The van der Waals surface area contributed by atoms with E-state index in [2.05, 4.69) is 12.2 Å². The number of nitrogens with one attached hydrogen (secondary N) is 1. The van der Waals surface area contributed by atoms with Crippen LogP contribution < -0.4 is 5.32 Å². The van der Waals surface area contributed by atoms with Gasteiger partial charge in [0.2, 0.25) is 0 Å². The summed E-state index contributed by atoms with van der Waals surface area (Å²) in [7, 11) is 0. The minimum atomic E-state index is 0. The van der Waals surface area contributed by atoms with Crippen molar-refractivity contribution >= 4 is 5.69 Å². The largest absolute Gasteiger partial charge is 3.00 e. The Kier molecular flexibility index (Phi) is 5.95. The first-order valence-corrected chi connectivity index (χ1v) is 3.01. The monoisotopic (exact) mass is 209 g/mol. The van der Waals surface area contributed by atoms with E-state index in [-0.39, 0.29) is 32.7 Å². The van der Waals surface area contributed by atoms with Gasteiger partial charge in [-0.05, 0) is 12.1 Å². The van der Waals surface area contributed by atoms with Gasteiger partial charge in [-0.15, -0.1) is 6.54 Å². The summed E-state index contributed by atoms with van der Waals surface area (Å²) in [5.41, 5.74) is 1.13. The summed E-state index contributed by atoms with van der Waals surface area (Å²) in [6.45, 7) is 4.41. The summed E-state index contributed by atoms with van der Waals surface area (Å²) in [4.78, 5) is 0. The predicted molar refractivity (Wildman–Crippen MR) is 40.3 cm³/mol. The Labute approximate surface area is 87.1 Å². The normalized spacial score (nSPS) is 8.10. The number of rotatable bonds is 2. The van der Waals surface area contributed by atoms with Crippen molar-refractivity contribution in [2.75, 3.05) is 11.9 Å². The molecule has 0 fully saturated rings. The molecule has 0 heterocycles. The van der Waals surface area contributed by atoms with Crippen molar-refractivity contribution in [2.45, 2.75) is 0 Å². The maximum atomic E-state index is 3.67. The van der Waals surface area contributed by atoms with Gasteiger partial charge in [-0.3, -0.25) is 0 Å². The molecular weight excluding hydrogens is 199 g/mol. The maximum Gasteiger partial charge on any atom is 3.00 e. The van der Waals surface area contributed by atoms with Gasteiger partial charge in [0.05, 0.1) is 0 Å². The van der Waals surface area contributed by atoms with E-state index in [1.165, 1.54) is 0 Å². The Balaban J connectivity index is 0.000000810. The first-order chi connectivity index (χ1) is 4.43. The van der Waals surface area contributed by atoms with Crippen LogP contribution in [0.1, 0.15) is 0 Å². The molecule has 0 aromatic heterocycles. The second-order valence-electron chi connectivity index (χ2n) is 1.79.